The van der Waals surface area contributed by atoms with Gasteiger partial charge in [0.2, 0.25) is 5.95 Å². The summed E-state index contributed by atoms with van der Waals surface area (Å²) in [5.41, 5.74) is 0.411. The van der Waals surface area contributed by atoms with Crippen LogP contribution in [0.15, 0.2) is 36.7 Å². The van der Waals surface area contributed by atoms with E-state index in [1.54, 1.807) is 7.11 Å². The molecule has 1 aromatic heterocycles. The van der Waals surface area contributed by atoms with Gasteiger partial charge in [0.15, 0.2) is 0 Å². The molecule has 1 heterocycles. The van der Waals surface area contributed by atoms with Gasteiger partial charge in [-0.2, -0.15) is 0 Å². The average Bonchev–Trinajstić information content (AvgIpc) is 2.59. The van der Waals surface area contributed by atoms with Crippen LogP contribution in [0.1, 0.15) is 24.2 Å². The highest BCUT2D eigenvalue weighted by Gasteiger charge is 2.07. The second kappa shape index (κ2) is 8.71. The second-order valence-corrected chi connectivity index (χ2v) is 5.37. The SMILES string of the molecule is COc1ccc(OCCNC(=O)c2cnc(NC(C)C)nc2)cc1. The summed E-state index contributed by atoms with van der Waals surface area (Å²) in [6.45, 7) is 4.74. The smallest absolute Gasteiger partial charge is 0.254 e. The number of rotatable bonds is 8. The summed E-state index contributed by atoms with van der Waals surface area (Å²) < 4.78 is 10.6. The van der Waals surface area contributed by atoms with E-state index >= 15 is 0 Å². The zero-order valence-corrected chi connectivity index (χ0v) is 14.1. The van der Waals surface area contributed by atoms with Crippen LogP contribution < -0.4 is 20.1 Å². The van der Waals surface area contributed by atoms with Crippen LogP contribution in [-0.2, 0) is 0 Å². The molecule has 0 aliphatic heterocycles. The summed E-state index contributed by atoms with van der Waals surface area (Å²) in [7, 11) is 1.61. The summed E-state index contributed by atoms with van der Waals surface area (Å²) in [5.74, 6) is 1.76. The first kappa shape index (κ1) is 17.5. The van der Waals surface area contributed by atoms with E-state index in [4.69, 9.17) is 9.47 Å². The fourth-order valence-corrected chi connectivity index (χ4v) is 1.89. The molecule has 1 aromatic carbocycles. The lowest BCUT2D eigenvalue weighted by molar-refractivity contribution is 0.0946. The van der Waals surface area contributed by atoms with Crippen molar-refractivity contribution in [2.24, 2.45) is 0 Å². The Labute approximate surface area is 141 Å². The molecule has 0 radical (unpaired) electrons. The summed E-state index contributed by atoms with van der Waals surface area (Å²) in [5, 5.41) is 5.83. The third-order valence-corrected chi connectivity index (χ3v) is 3.05. The van der Waals surface area contributed by atoms with Gasteiger partial charge in [-0.1, -0.05) is 0 Å². The number of methoxy groups -OCH3 is 1. The molecule has 1 amide bonds. The molecule has 2 N–H and O–H groups in total. The van der Waals surface area contributed by atoms with Crippen LogP contribution in [-0.4, -0.2) is 42.2 Å². The van der Waals surface area contributed by atoms with Crippen molar-refractivity contribution in [2.75, 3.05) is 25.6 Å². The Kier molecular flexibility index (Phi) is 6.36. The lowest BCUT2D eigenvalue weighted by atomic mass is 10.3. The zero-order chi connectivity index (χ0) is 17.4. The number of nitrogens with one attached hydrogen (secondary N) is 2. The number of aromatic nitrogens is 2. The number of carbonyl (C=O) groups is 1. The number of ether oxygens (including phenoxy) is 2. The van der Waals surface area contributed by atoms with Gasteiger partial charge in [0.05, 0.1) is 19.2 Å². The van der Waals surface area contributed by atoms with E-state index in [1.807, 2.05) is 38.1 Å². The first-order valence-electron chi connectivity index (χ1n) is 7.72. The van der Waals surface area contributed by atoms with Crippen LogP contribution in [0, 0.1) is 0 Å². The number of amides is 1. The van der Waals surface area contributed by atoms with E-state index in [-0.39, 0.29) is 11.9 Å². The molecule has 128 valence electrons. The molecule has 0 fully saturated rings. The van der Waals surface area contributed by atoms with Crippen molar-refractivity contribution >= 4 is 11.9 Å². The number of hydrogen-bond donors (Lipinski definition) is 2. The maximum atomic E-state index is 12.0. The third-order valence-electron chi connectivity index (χ3n) is 3.05. The lowest BCUT2D eigenvalue weighted by Gasteiger charge is -2.09. The molecule has 7 nitrogen and oxygen atoms in total. The Morgan fingerprint density at radius 1 is 1.12 bits per heavy atom. The highest BCUT2D eigenvalue weighted by Crippen LogP contribution is 2.16. The Morgan fingerprint density at radius 3 is 2.33 bits per heavy atom. The summed E-state index contributed by atoms with van der Waals surface area (Å²) in [6, 6.07) is 7.50. The van der Waals surface area contributed by atoms with Crippen molar-refractivity contribution in [3.05, 3.63) is 42.2 Å². The van der Waals surface area contributed by atoms with Gasteiger partial charge in [-0.15, -0.1) is 0 Å². The molecule has 0 aliphatic rings. The number of nitrogens with zero attached hydrogens (tertiary/aromatic N) is 2. The number of benzene rings is 1. The second-order valence-electron chi connectivity index (χ2n) is 5.37. The normalized spacial score (nSPS) is 10.3. The van der Waals surface area contributed by atoms with Crippen molar-refractivity contribution in [3.63, 3.8) is 0 Å². The van der Waals surface area contributed by atoms with Gasteiger partial charge in [-0.3, -0.25) is 4.79 Å². The highest BCUT2D eigenvalue weighted by atomic mass is 16.5. The number of carbonyl (C=O) groups excluding carboxylic acids is 1. The first-order chi connectivity index (χ1) is 11.6. The van der Waals surface area contributed by atoms with Gasteiger partial charge in [0, 0.05) is 18.4 Å². The zero-order valence-electron chi connectivity index (χ0n) is 14.1. The third kappa shape index (κ3) is 5.42. The molecular weight excluding hydrogens is 308 g/mol. The van der Waals surface area contributed by atoms with Crippen molar-refractivity contribution in [1.29, 1.82) is 0 Å². The fraction of sp³-hybridized carbons (Fsp3) is 0.353. The monoisotopic (exact) mass is 330 g/mol. The van der Waals surface area contributed by atoms with Gasteiger partial charge in [-0.05, 0) is 38.1 Å². The summed E-state index contributed by atoms with van der Waals surface area (Å²) >= 11 is 0. The van der Waals surface area contributed by atoms with E-state index in [9.17, 15) is 4.79 Å². The Bertz CT molecular complexity index is 642. The Hall–Kier alpha value is -2.83. The molecule has 0 atom stereocenters. The minimum absolute atomic E-state index is 0.232. The standard InChI is InChI=1S/C17H22N4O3/c1-12(2)21-17-19-10-13(11-20-17)16(22)18-8-9-24-15-6-4-14(23-3)5-7-15/h4-7,10-12H,8-9H2,1-3H3,(H,18,22)(H,19,20,21). The van der Waals surface area contributed by atoms with Crippen LogP contribution in [0.4, 0.5) is 5.95 Å². The van der Waals surface area contributed by atoms with Crippen molar-refractivity contribution in [3.8, 4) is 11.5 Å². The molecule has 0 saturated heterocycles. The van der Waals surface area contributed by atoms with Gasteiger partial charge < -0.3 is 20.1 Å². The maximum absolute atomic E-state index is 12.0. The molecule has 0 unspecified atom stereocenters. The van der Waals surface area contributed by atoms with Crippen molar-refractivity contribution < 1.29 is 14.3 Å². The minimum Gasteiger partial charge on any atom is -0.497 e. The van der Waals surface area contributed by atoms with E-state index in [0.717, 1.165) is 11.5 Å². The lowest BCUT2D eigenvalue weighted by Crippen LogP contribution is -2.28. The van der Waals surface area contributed by atoms with Gasteiger partial charge in [0.1, 0.15) is 18.1 Å². The molecule has 0 bridgehead atoms. The minimum atomic E-state index is -0.232. The number of hydrogen-bond acceptors (Lipinski definition) is 6. The van der Waals surface area contributed by atoms with Crippen LogP contribution in [0.3, 0.4) is 0 Å². The quantitative estimate of drug-likeness (QED) is 0.721. The molecule has 24 heavy (non-hydrogen) atoms. The van der Waals surface area contributed by atoms with E-state index in [2.05, 4.69) is 20.6 Å². The largest absolute Gasteiger partial charge is 0.497 e. The average molecular weight is 330 g/mol. The fourth-order valence-electron chi connectivity index (χ4n) is 1.89. The molecule has 7 heteroatoms. The predicted molar refractivity (Wildman–Crippen MR) is 91.6 cm³/mol. The van der Waals surface area contributed by atoms with Crippen LogP contribution in [0.25, 0.3) is 0 Å². The topological polar surface area (TPSA) is 85.4 Å². The van der Waals surface area contributed by atoms with Crippen LogP contribution >= 0.6 is 0 Å². The molecule has 0 spiro atoms. The van der Waals surface area contributed by atoms with E-state index < -0.39 is 0 Å². The van der Waals surface area contributed by atoms with Gasteiger partial charge >= 0.3 is 0 Å². The summed E-state index contributed by atoms with van der Waals surface area (Å²) in [4.78, 5) is 20.2. The van der Waals surface area contributed by atoms with Crippen LogP contribution in [0.2, 0.25) is 0 Å². The number of anilines is 1. The van der Waals surface area contributed by atoms with Crippen LogP contribution in [0.5, 0.6) is 11.5 Å². The van der Waals surface area contributed by atoms with E-state index in [1.165, 1.54) is 12.4 Å². The summed E-state index contributed by atoms with van der Waals surface area (Å²) in [6.07, 6.45) is 2.99. The van der Waals surface area contributed by atoms with Gasteiger partial charge in [0.25, 0.3) is 5.91 Å². The molecule has 0 aliphatic carbocycles. The van der Waals surface area contributed by atoms with Crippen molar-refractivity contribution in [2.45, 2.75) is 19.9 Å². The highest BCUT2D eigenvalue weighted by molar-refractivity contribution is 5.93. The Balaban J connectivity index is 1.74. The van der Waals surface area contributed by atoms with E-state index in [0.29, 0.717) is 24.7 Å². The van der Waals surface area contributed by atoms with Crippen molar-refractivity contribution in [1.82, 2.24) is 15.3 Å². The molecule has 2 aromatic rings. The van der Waals surface area contributed by atoms with Gasteiger partial charge in [-0.25, -0.2) is 9.97 Å². The Morgan fingerprint density at radius 2 is 1.75 bits per heavy atom. The predicted octanol–water partition coefficient (Wildman–Crippen LogP) is 2.11. The maximum Gasteiger partial charge on any atom is 0.254 e. The molecule has 2 rings (SSSR count). The molecular formula is C17H22N4O3. The molecule has 0 saturated carbocycles. The first-order valence-corrected chi connectivity index (χ1v) is 7.72.